The summed E-state index contributed by atoms with van der Waals surface area (Å²) in [5.41, 5.74) is 2.91. The second-order valence-corrected chi connectivity index (χ2v) is 4.17. The van der Waals surface area contributed by atoms with Gasteiger partial charge in [-0.05, 0) is 24.3 Å². The minimum absolute atomic E-state index is 0.130. The molecule has 90 valence electrons. The van der Waals surface area contributed by atoms with Gasteiger partial charge in [0.1, 0.15) is 5.51 Å². The Kier molecular flexibility index (Phi) is 3.83. The van der Waals surface area contributed by atoms with Gasteiger partial charge >= 0.3 is 0 Å². The molecule has 18 heavy (non-hydrogen) atoms. The number of anilines is 2. The molecule has 2 N–H and O–H groups in total. The summed E-state index contributed by atoms with van der Waals surface area (Å²) in [6, 6.07) is 8.89. The van der Waals surface area contributed by atoms with Crippen molar-refractivity contribution in [3.05, 3.63) is 35.3 Å². The first-order valence-corrected chi connectivity index (χ1v) is 5.96. The van der Waals surface area contributed by atoms with Crippen LogP contribution in [0, 0.1) is 11.3 Å². The predicted molar refractivity (Wildman–Crippen MR) is 68.2 cm³/mol. The van der Waals surface area contributed by atoms with Gasteiger partial charge in [-0.2, -0.15) is 5.26 Å². The van der Waals surface area contributed by atoms with Gasteiger partial charge in [-0.3, -0.25) is 10.1 Å². The Hall–Kier alpha value is -2.46. The Morgan fingerprint density at radius 2 is 2.17 bits per heavy atom. The average Bonchev–Trinajstić information content (AvgIpc) is 2.90. The van der Waals surface area contributed by atoms with Gasteiger partial charge in [-0.25, -0.2) is 0 Å². The number of hydrogen-bond acceptors (Lipinski definition) is 6. The first-order valence-electron chi connectivity index (χ1n) is 5.08. The first-order chi connectivity index (χ1) is 8.78. The van der Waals surface area contributed by atoms with Crippen LogP contribution in [0.5, 0.6) is 0 Å². The van der Waals surface area contributed by atoms with Gasteiger partial charge in [0.05, 0.1) is 18.2 Å². The van der Waals surface area contributed by atoms with Gasteiger partial charge in [0.2, 0.25) is 11.0 Å². The van der Waals surface area contributed by atoms with Gasteiger partial charge in [-0.15, -0.1) is 10.2 Å². The van der Waals surface area contributed by atoms with Crippen LogP contribution in [-0.4, -0.2) is 22.6 Å². The number of nitrogens with zero attached hydrogens (tertiary/aromatic N) is 3. The lowest BCUT2D eigenvalue weighted by Crippen LogP contribution is -2.21. The number of aromatic nitrogens is 2. The number of carbonyl (C=O) groups is 1. The van der Waals surface area contributed by atoms with Gasteiger partial charge in [0, 0.05) is 5.69 Å². The Labute approximate surface area is 107 Å². The summed E-state index contributed by atoms with van der Waals surface area (Å²) >= 11 is 1.26. The van der Waals surface area contributed by atoms with Crippen molar-refractivity contribution in [1.82, 2.24) is 10.2 Å². The molecule has 0 saturated carbocycles. The lowest BCUT2D eigenvalue weighted by atomic mass is 10.2. The second-order valence-electron chi connectivity index (χ2n) is 3.33. The number of nitrogens with one attached hydrogen (secondary N) is 2. The summed E-state index contributed by atoms with van der Waals surface area (Å²) in [5.74, 6) is -0.198. The minimum atomic E-state index is -0.198. The molecule has 2 rings (SSSR count). The van der Waals surface area contributed by atoms with Crippen LogP contribution in [-0.2, 0) is 4.79 Å². The third-order valence-electron chi connectivity index (χ3n) is 2.07. The topological polar surface area (TPSA) is 90.7 Å². The summed E-state index contributed by atoms with van der Waals surface area (Å²) in [7, 11) is 0. The van der Waals surface area contributed by atoms with E-state index in [9.17, 15) is 4.79 Å². The Morgan fingerprint density at radius 3 is 2.78 bits per heavy atom. The molecule has 0 bridgehead atoms. The van der Waals surface area contributed by atoms with Crippen molar-refractivity contribution in [3.63, 3.8) is 0 Å². The fraction of sp³-hybridized carbons (Fsp3) is 0.0909. The van der Waals surface area contributed by atoms with E-state index in [0.29, 0.717) is 10.7 Å². The largest absolute Gasteiger partial charge is 0.376 e. The molecule has 0 unspecified atom stereocenters. The van der Waals surface area contributed by atoms with E-state index < -0.39 is 0 Å². The third kappa shape index (κ3) is 3.26. The van der Waals surface area contributed by atoms with Gasteiger partial charge in [-0.1, -0.05) is 11.3 Å². The molecule has 0 atom stereocenters. The van der Waals surface area contributed by atoms with Crippen molar-refractivity contribution in [2.24, 2.45) is 0 Å². The summed E-state index contributed by atoms with van der Waals surface area (Å²) in [4.78, 5) is 11.5. The van der Waals surface area contributed by atoms with Crippen LogP contribution < -0.4 is 10.6 Å². The van der Waals surface area contributed by atoms with E-state index in [4.69, 9.17) is 5.26 Å². The number of nitriles is 1. The maximum absolute atomic E-state index is 11.5. The molecule has 0 spiro atoms. The number of amides is 1. The van der Waals surface area contributed by atoms with Crippen molar-refractivity contribution < 1.29 is 4.79 Å². The fourth-order valence-electron chi connectivity index (χ4n) is 1.24. The van der Waals surface area contributed by atoms with E-state index >= 15 is 0 Å². The van der Waals surface area contributed by atoms with Crippen LogP contribution in [0.1, 0.15) is 5.56 Å². The maximum Gasteiger partial charge on any atom is 0.245 e. The Bertz CT molecular complexity index is 558. The normalized spacial score (nSPS) is 9.50. The van der Waals surface area contributed by atoms with Gasteiger partial charge < -0.3 is 5.32 Å². The molecular formula is C11H9N5OS. The number of rotatable bonds is 4. The quantitative estimate of drug-likeness (QED) is 0.867. The highest BCUT2D eigenvalue weighted by atomic mass is 32.1. The smallest absolute Gasteiger partial charge is 0.245 e. The molecule has 0 aliphatic heterocycles. The summed E-state index contributed by atoms with van der Waals surface area (Å²) in [6.07, 6.45) is 0. The molecule has 7 heteroatoms. The van der Waals surface area contributed by atoms with E-state index in [1.807, 2.05) is 6.07 Å². The van der Waals surface area contributed by atoms with Crippen LogP contribution in [0.3, 0.4) is 0 Å². The van der Waals surface area contributed by atoms with Crippen LogP contribution >= 0.6 is 11.3 Å². The zero-order valence-corrected chi connectivity index (χ0v) is 10.1. The standard InChI is InChI=1S/C11H9N5OS/c12-5-8-1-3-9(4-2-8)13-6-10(17)15-11-16-14-7-18-11/h1-4,7,13H,6H2,(H,15,16,17). The van der Waals surface area contributed by atoms with E-state index in [1.54, 1.807) is 29.8 Å². The molecule has 1 amide bonds. The maximum atomic E-state index is 11.5. The predicted octanol–water partition coefficient (Wildman–Crippen LogP) is 1.46. The SMILES string of the molecule is N#Cc1ccc(NCC(=O)Nc2nncs2)cc1. The van der Waals surface area contributed by atoms with Crippen molar-refractivity contribution in [1.29, 1.82) is 5.26 Å². The van der Waals surface area contributed by atoms with E-state index in [1.165, 1.54) is 11.3 Å². The highest BCUT2D eigenvalue weighted by Gasteiger charge is 2.04. The van der Waals surface area contributed by atoms with E-state index in [0.717, 1.165) is 5.69 Å². The molecule has 2 aromatic rings. The fourth-order valence-corrected chi connectivity index (χ4v) is 1.70. The zero-order chi connectivity index (χ0) is 12.8. The van der Waals surface area contributed by atoms with E-state index in [2.05, 4.69) is 20.8 Å². The summed E-state index contributed by atoms with van der Waals surface area (Å²) < 4.78 is 0. The minimum Gasteiger partial charge on any atom is -0.376 e. The number of benzene rings is 1. The summed E-state index contributed by atoms with van der Waals surface area (Å²) in [5, 5.41) is 22.0. The van der Waals surface area contributed by atoms with Crippen molar-refractivity contribution in [3.8, 4) is 6.07 Å². The molecule has 0 fully saturated rings. The number of hydrogen-bond donors (Lipinski definition) is 2. The van der Waals surface area contributed by atoms with Gasteiger partial charge in [0.15, 0.2) is 0 Å². The van der Waals surface area contributed by atoms with Crippen LogP contribution in [0.15, 0.2) is 29.8 Å². The average molecular weight is 259 g/mol. The molecular weight excluding hydrogens is 250 g/mol. The van der Waals surface area contributed by atoms with Crippen LogP contribution in [0.4, 0.5) is 10.8 Å². The third-order valence-corrected chi connectivity index (χ3v) is 2.68. The monoisotopic (exact) mass is 259 g/mol. The molecule has 6 nitrogen and oxygen atoms in total. The number of carbonyl (C=O) groups excluding carboxylic acids is 1. The lowest BCUT2D eigenvalue weighted by Gasteiger charge is -2.05. The van der Waals surface area contributed by atoms with E-state index in [-0.39, 0.29) is 12.5 Å². The molecule has 0 radical (unpaired) electrons. The molecule has 0 aliphatic carbocycles. The van der Waals surface area contributed by atoms with Crippen LogP contribution in [0.25, 0.3) is 0 Å². The highest BCUT2D eigenvalue weighted by molar-refractivity contribution is 7.13. The summed E-state index contributed by atoms with van der Waals surface area (Å²) in [6.45, 7) is 0.130. The second kappa shape index (κ2) is 5.75. The van der Waals surface area contributed by atoms with Crippen LogP contribution in [0.2, 0.25) is 0 Å². The molecule has 1 aromatic heterocycles. The molecule has 0 saturated heterocycles. The zero-order valence-electron chi connectivity index (χ0n) is 9.25. The first kappa shape index (κ1) is 12.0. The highest BCUT2D eigenvalue weighted by Crippen LogP contribution is 2.09. The van der Waals surface area contributed by atoms with Crippen molar-refractivity contribution >= 4 is 28.1 Å². The molecule has 0 aliphatic rings. The molecule has 1 aromatic carbocycles. The van der Waals surface area contributed by atoms with Crippen molar-refractivity contribution in [2.45, 2.75) is 0 Å². The van der Waals surface area contributed by atoms with Crippen molar-refractivity contribution in [2.75, 3.05) is 17.2 Å². The molecule has 1 heterocycles. The lowest BCUT2D eigenvalue weighted by molar-refractivity contribution is -0.114. The Balaban J connectivity index is 1.83. The van der Waals surface area contributed by atoms with Gasteiger partial charge in [0.25, 0.3) is 0 Å². The Morgan fingerprint density at radius 1 is 1.39 bits per heavy atom.